The van der Waals surface area contributed by atoms with Crippen LogP contribution >= 0.6 is 0 Å². The van der Waals surface area contributed by atoms with Crippen molar-refractivity contribution >= 4 is 15.7 Å². The van der Waals surface area contributed by atoms with Crippen LogP contribution in [0.25, 0.3) is 5.69 Å². The Balaban J connectivity index is 1.69. The summed E-state index contributed by atoms with van der Waals surface area (Å²) in [6, 6.07) is 9.22. The number of rotatable bonds is 6. The summed E-state index contributed by atoms with van der Waals surface area (Å²) in [7, 11) is -1.92. The number of benzene rings is 1. The first kappa shape index (κ1) is 19.4. The van der Waals surface area contributed by atoms with Gasteiger partial charge in [-0.2, -0.15) is 5.10 Å². The van der Waals surface area contributed by atoms with Crippen molar-refractivity contribution in [2.24, 2.45) is 0 Å². The van der Waals surface area contributed by atoms with Crippen LogP contribution < -0.4 is 15.4 Å². The molecule has 1 saturated heterocycles. The maximum atomic E-state index is 12.7. The van der Waals surface area contributed by atoms with Gasteiger partial charge in [-0.25, -0.2) is 13.1 Å². The molecule has 8 nitrogen and oxygen atoms in total. The molecule has 2 heterocycles. The van der Waals surface area contributed by atoms with Gasteiger partial charge >= 0.3 is 0 Å². The quantitative estimate of drug-likeness (QED) is 0.749. The van der Waals surface area contributed by atoms with Crippen molar-refractivity contribution < 1.29 is 17.9 Å². The average Bonchev–Trinajstić information content (AvgIpc) is 3.15. The zero-order valence-corrected chi connectivity index (χ0v) is 16.3. The van der Waals surface area contributed by atoms with Crippen molar-refractivity contribution in [3.8, 4) is 11.4 Å². The number of aromatic nitrogens is 2. The van der Waals surface area contributed by atoms with Gasteiger partial charge in [-0.05, 0) is 56.3 Å². The van der Waals surface area contributed by atoms with E-state index >= 15 is 0 Å². The van der Waals surface area contributed by atoms with Crippen LogP contribution in [0, 0.1) is 0 Å². The summed E-state index contributed by atoms with van der Waals surface area (Å²) in [4.78, 5) is 12.7. The summed E-state index contributed by atoms with van der Waals surface area (Å²) in [5, 5.41) is 10.3. The number of ether oxygens (including phenoxy) is 1. The predicted molar refractivity (Wildman–Crippen MR) is 102 cm³/mol. The van der Waals surface area contributed by atoms with Crippen LogP contribution in [0.3, 0.4) is 0 Å². The molecule has 0 spiro atoms. The van der Waals surface area contributed by atoms with Gasteiger partial charge in [0, 0.05) is 12.5 Å². The molecule has 1 amide bonds. The summed E-state index contributed by atoms with van der Waals surface area (Å²) in [6.45, 7) is 1.19. The molecule has 1 aromatic carbocycles. The van der Waals surface area contributed by atoms with E-state index in [0.717, 1.165) is 17.7 Å². The second-order valence-corrected chi connectivity index (χ2v) is 8.97. The highest BCUT2D eigenvalue weighted by molar-refractivity contribution is 7.92. The summed E-state index contributed by atoms with van der Waals surface area (Å²) in [5.74, 6) is 0.303. The fraction of sp³-hybridized carbons (Fsp3) is 0.444. The highest BCUT2D eigenvalue weighted by Gasteiger charge is 2.48. The molecule has 1 aliphatic heterocycles. The van der Waals surface area contributed by atoms with Crippen LogP contribution in [0.15, 0.2) is 36.5 Å². The zero-order valence-electron chi connectivity index (χ0n) is 15.4. The second-order valence-electron chi connectivity index (χ2n) is 6.65. The molecule has 2 aromatic rings. The lowest BCUT2D eigenvalue weighted by atomic mass is 9.96. The van der Waals surface area contributed by atoms with Gasteiger partial charge in [0.1, 0.15) is 5.75 Å². The molecule has 2 N–H and O–H groups in total. The van der Waals surface area contributed by atoms with Gasteiger partial charge in [0.25, 0.3) is 0 Å². The second kappa shape index (κ2) is 7.69. The summed E-state index contributed by atoms with van der Waals surface area (Å²) >= 11 is 0. The predicted octanol–water partition coefficient (Wildman–Crippen LogP) is 0.664. The molecule has 1 aliphatic rings. The third-order valence-corrected chi connectivity index (χ3v) is 6.96. The number of methoxy groups -OCH3 is 1. The van der Waals surface area contributed by atoms with Crippen LogP contribution in [0.5, 0.6) is 5.75 Å². The standard InChI is InChI=1S/C18H24N4O4S/c1-26-16-5-3-15(4-6-16)22-12-7-14(21-22)13-20-17(23)18(27(2,24)25)8-10-19-11-9-18/h3-7,12,19H,8-11,13H2,1-2H3,(H,20,23). The minimum Gasteiger partial charge on any atom is -0.497 e. The van der Waals surface area contributed by atoms with Crippen molar-refractivity contribution in [3.05, 3.63) is 42.2 Å². The minimum atomic E-state index is -3.53. The van der Waals surface area contributed by atoms with Crippen molar-refractivity contribution in [1.82, 2.24) is 20.4 Å². The number of nitrogens with zero attached hydrogens (tertiary/aromatic N) is 2. The Hall–Kier alpha value is -2.39. The first-order chi connectivity index (χ1) is 12.9. The molecule has 9 heteroatoms. The Morgan fingerprint density at radius 1 is 1.26 bits per heavy atom. The van der Waals surface area contributed by atoms with Gasteiger partial charge in [0.2, 0.25) is 5.91 Å². The fourth-order valence-corrected chi connectivity index (χ4v) is 4.62. The maximum Gasteiger partial charge on any atom is 0.241 e. The molecular weight excluding hydrogens is 368 g/mol. The first-order valence-corrected chi connectivity index (χ1v) is 10.6. The molecule has 1 fully saturated rings. The highest BCUT2D eigenvalue weighted by Crippen LogP contribution is 2.28. The Morgan fingerprint density at radius 2 is 1.93 bits per heavy atom. The van der Waals surface area contributed by atoms with E-state index in [2.05, 4.69) is 15.7 Å². The van der Waals surface area contributed by atoms with Crippen molar-refractivity contribution in [3.63, 3.8) is 0 Å². The first-order valence-electron chi connectivity index (χ1n) is 8.73. The molecule has 27 heavy (non-hydrogen) atoms. The van der Waals surface area contributed by atoms with E-state index in [1.807, 2.05) is 24.3 Å². The molecular formula is C18H24N4O4S. The van der Waals surface area contributed by atoms with Crippen LogP contribution in [0.1, 0.15) is 18.5 Å². The lowest BCUT2D eigenvalue weighted by Crippen LogP contribution is -2.57. The van der Waals surface area contributed by atoms with Crippen molar-refractivity contribution in [1.29, 1.82) is 0 Å². The molecule has 0 atom stereocenters. The van der Waals surface area contributed by atoms with Gasteiger partial charge in [0.05, 0.1) is 25.0 Å². The number of hydrogen-bond acceptors (Lipinski definition) is 6. The third kappa shape index (κ3) is 3.98. The number of nitrogens with one attached hydrogen (secondary N) is 2. The molecule has 0 bridgehead atoms. The van der Waals surface area contributed by atoms with E-state index in [9.17, 15) is 13.2 Å². The van der Waals surface area contributed by atoms with Gasteiger partial charge in [0.15, 0.2) is 14.6 Å². The van der Waals surface area contributed by atoms with Crippen LogP contribution in [0.4, 0.5) is 0 Å². The summed E-state index contributed by atoms with van der Waals surface area (Å²) in [6.07, 6.45) is 3.48. The molecule has 1 aromatic heterocycles. The van der Waals surface area contributed by atoms with Gasteiger partial charge in [-0.15, -0.1) is 0 Å². The van der Waals surface area contributed by atoms with Crippen LogP contribution in [0.2, 0.25) is 0 Å². The minimum absolute atomic E-state index is 0.173. The molecule has 0 saturated carbocycles. The topological polar surface area (TPSA) is 102 Å². The molecule has 0 radical (unpaired) electrons. The van der Waals surface area contributed by atoms with Crippen molar-refractivity contribution in [2.45, 2.75) is 24.1 Å². The van der Waals surface area contributed by atoms with Gasteiger partial charge < -0.3 is 15.4 Å². The largest absolute Gasteiger partial charge is 0.497 e. The normalized spacial score (nSPS) is 16.7. The smallest absolute Gasteiger partial charge is 0.241 e. The monoisotopic (exact) mass is 392 g/mol. The van der Waals surface area contributed by atoms with E-state index in [1.54, 1.807) is 24.1 Å². The van der Waals surface area contributed by atoms with Gasteiger partial charge in [-0.3, -0.25) is 4.79 Å². The summed E-state index contributed by atoms with van der Waals surface area (Å²) in [5.41, 5.74) is 1.51. The number of carbonyl (C=O) groups excluding carboxylic acids is 1. The van der Waals surface area contributed by atoms with E-state index < -0.39 is 20.5 Å². The Morgan fingerprint density at radius 3 is 2.52 bits per heavy atom. The van der Waals surface area contributed by atoms with E-state index in [0.29, 0.717) is 18.8 Å². The molecule has 146 valence electrons. The number of sulfone groups is 1. The Kier molecular flexibility index (Phi) is 5.52. The van der Waals surface area contributed by atoms with Crippen molar-refractivity contribution in [2.75, 3.05) is 26.5 Å². The number of piperidine rings is 1. The SMILES string of the molecule is COc1ccc(-n2ccc(CNC(=O)C3(S(C)(=O)=O)CCNCC3)n2)cc1. The average molecular weight is 392 g/mol. The fourth-order valence-electron chi connectivity index (χ4n) is 3.26. The summed E-state index contributed by atoms with van der Waals surface area (Å²) < 4.78 is 30.0. The molecule has 3 rings (SSSR count). The van der Waals surface area contributed by atoms with E-state index in [1.165, 1.54) is 0 Å². The molecule has 0 unspecified atom stereocenters. The van der Waals surface area contributed by atoms with Crippen LogP contribution in [-0.4, -0.2) is 55.3 Å². The number of amides is 1. The molecule has 0 aliphatic carbocycles. The lowest BCUT2D eigenvalue weighted by Gasteiger charge is -2.34. The lowest BCUT2D eigenvalue weighted by molar-refractivity contribution is -0.124. The Bertz CT molecular complexity index is 900. The third-order valence-electron chi connectivity index (χ3n) is 4.95. The maximum absolute atomic E-state index is 12.7. The van der Waals surface area contributed by atoms with Crippen LogP contribution in [-0.2, 0) is 21.2 Å². The number of hydrogen-bond donors (Lipinski definition) is 2. The number of carbonyl (C=O) groups is 1. The highest BCUT2D eigenvalue weighted by atomic mass is 32.2. The Labute approximate surface area is 158 Å². The van der Waals surface area contributed by atoms with E-state index in [-0.39, 0.29) is 19.4 Å². The van der Waals surface area contributed by atoms with Gasteiger partial charge in [-0.1, -0.05) is 0 Å². The van der Waals surface area contributed by atoms with E-state index in [4.69, 9.17) is 4.74 Å². The zero-order chi connectivity index (χ0) is 19.5.